The van der Waals surface area contributed by atoms with Crippen molar-refractivity contribution in [2.45, 2.75) is 26.3 Å². The van der Waals surface area contributed by atoms with Gasteiger partial charge in [-0.05, 0) is 24.5 Å². The molecule has 0 spiro atoms. The Morgan fingerprint density at radius 2 is 2.24 bits per heavy atom. The van der Waals surface area contributed by atoms with E-state index in [1.54, 1.807) is 25.3 Å². The van der Waals surface area contributed by atoms with E-state index in [1.165, 1.54) is 0 Å². The maximum absolute atomic E-state index is 12.8. The maximum Gasteiger partial charge on any atom is 0.322 e. The summed E-state index contributed by atoms with van der Waals surface area (Å²) in [5.41, 5.74) is 0.559. The number of morpholine rings is 1. The highest BCUT2D eigenvalue weighted by atomic mass is 35.5. The Morgan fingerprint density at radius 3 is 2.96 bits per heavy atom. The zero-order valence-corrected chi connectivity index (χ0v) is 15.8. The number of ether oxygens (including phenoxy) is 3. The third-order valence-corrected chi connectivity index (χ3v) is 4.27. The Morgan fingerprint density at radius 1 is 1.44 bits per heavy atom. The zero-order chi connectivity index (χ0) is 18.2. The first kappa shape index (κ1) is 19.8. The van der Waals surface area contributed by atoms with Crippen molar-refractivity contribution < 1.29 is 19.0 Å². The Labute approximate surface area is 154 Å². The van der Waals surface area contributed by atoms with E-state index < -0.39 is 0 Å². The van der Waals surface area contributed by atoms with Crippen LogP contribution in [-0.2, 0) is 9.47 Å². The van der Waals surface area contributed by atoms with Crippen LogP contribution in [0.1, 0.15) is 20.3 Å². The molecule has 1 heterocycles. The predicted molar refractivity (Wildman–Crippen MR) is 98.6 cm³/mol. The molecule has 1 atom stereocenters. The number of carbonyl (C=O) groups excluding carboxylic acids is 1. The van der Waals surface area contributed by atoms with Crippen LogP contribution >= 0.6 is 11.6 Å². The lowest BCUT2D eigenvalue weighted by Gasteiger charge is -2.36. The molecular weight excluding hydrogens is 344 g/mol. The van der Waals surface area contributed by atoms with Crippen LogP contribution in [0.5, 0.6) is 5.75 Å². The smallest absolute Gasteiger partial charge is 0.322 e. The molecule has 2 rings (SSSR count). The van der Waals surface area contributed by atoms with E-state index >= 15 is 0 Å². The van der Waals surface area contributed by atoms with Gasteiger partial charge in [0, 0.05) is 13.7 Å². The number of methoxy groups -OCH3 is 1. The van der Waals surface area contributed by atoms with Crippen molar-refractivity contribution in [1.29, 1.82) is 0 Å². The molecule has 1 aliphatic rings. The van der Waals surface area contributed by atoms with Gasteiger partial charge >= 0.3 is 6.03 Å². The van der Waals surface area contributed by atoms with Gasteiger partial charge in [0.2, 0.25) is 0 Å². The van der Waals surface area contributed by atoms with Crippen LogP contribution in [0.15, 0.2) is 18.2 Å². The van der Waals surface area contributed by atoms with Gasteiger partial charge in [-0.2, -0.15) is 0 Å². The number of rotatable bonds is 7. The molecule has 1 aromatic rings. The largest absolute Gasteiger partial charge is 0.487 e. The van der Waals surface area contributed by atoms with Gasteiger partial charge in [-0.15, -0.1) is 0 Å². The maximum atomic E-state index is 12.8. The van der Waals surface area contributed by atoms with Gasteiger partial charge in [0.1, 0.15) is 6.61 Å². The van der Waals surface area contributed by atoms with Crippen LogP contribution < -0.4 is 10.1 Å². The highest BCUT2D eigenvalue weighted by Gasteiger charge is 2.28. The van der Waals surface area contributed by atoms with Gasteiger partial charge in [0.15, 0.2) is 5.75 Å². The lowest BCUT2D eigenvalue weighted by Crippen LogP contribution is -2.50. The molecule has 0 aliphatic carbocycles. The second-order valence-electron chi connectivity index (χ2n) is 6.44. The molecule has 0 radical (unpaired) electrons. The van der Waals surface area contributed by atoms with Crippen molar-refractivity contribution in [1.82, 2.24) is 4.90 Å². The first-order chi connectivity index (χ1) is 12.0. The summed E-state index contributed by atoms with van der Waals surface area (Å²) in [6, 6.07) is 5.21. The lowest BCUT2D eigenvalue weighted by molar-refractivity contribution is 0.00856. The minimum atomic E-state index is -0.159. The third kappa shape index (κ3) is 5.76. The summed E-state index contributed by atoms with van der Waals surface area (Å²) in [5, 5.41) is 3.39. The number of carbonyl (C=O) groups is 1. The van der Waals surface area contributed by atoms with Crippen molar-refractivity contribution in [2.75, 3.05) is 45.4 Å². The quantitative estimate of drug-likeness (QED) is 0.744. The summed E-state index contributed by atoms with van der Waals surface area (Å²) in [4.78, 5) is 14.6. The molecule has 7 heteroatoms. The van der Waals surface area contributed by atoms with E-state index in [-0.39, 0.29) is 12.1 Å². The number of benzene rings is 1. The van der Waals surface area contributed by atoms with E-state index in [0.717, 1.165) is 6.42 Å². The van der Waals surface area contributed by atoms with Gasteiger partial charge in [-0.1, -0.05) is 31.5 Å². The Balaban J connectivity index is 2.09. The topological polar surface area (TPSA) is 60.0 Å². The SMILES string of the molecule is COCCOc1c(Cl)cccc1NC(=O)N1CCOCC1CC(C)C. The van der Waals surface area contributed by atoms with E-state index in [0.29, 0.717) is 55.3 Å². The van der Waals surface area contributed by atoms with Gasteiger partial charge in [-0.25, -0.2) is 4.79 Å². The van der Waals surface area contributed by atoms with Crippen LogP contribution in [0, 0.1) is 5.92 Å². The van der Waals surface area contributed by atoms with Gasteiger partial charge in [0.05, 0.1) is 36.6 Å². The molecule has 1 N–H and O–H groups in total. The van der Waals surface area contributed by atoms with E-state index in [1.807, 2.05) is 4.90 Å². The Hall–Kier alpha value is -1.50. The molecule has 25 heavy (non-hydrogen) atoms. The second-order valence-corrected chi connectivity index (χ2v) is 6.85. The summed E-state index contributed by atoms with van der Waals surface area (Å²) >= 11 is 6.22. The normalized spacial score (nSPS) is 17.6. The van der Waals surface area contributed by atoms with E-state index in [2.05, 4.69) is 19.2 Å². The number of hydrogen-bond acceptors (Lipinski definition) is 4. The number of nitrogens with zero attached hydrogens (tertiary/aromatic N) is 1. The number of nitrogens with one attached hydrogen (secondary N) is 1. The third-order valence-electron chi connectivity index (χ3n) is 3.97. The van der Waals surface area contributed by atoms with Crippen LogP contribution in [0.4, 0.5) is 10.5 Å². The predicted octanol–water partition coefficient (Wildman–Crippen LogP) is 3.64. The molecule has 0 bridgehead atoms. The van der Waals surface area contributed by atoms with Crippen molar-refractivity contribution in [3.8, 4) is 5.75 Å². The van der Waals surface area contributed by atoms with Gasteiger partial charge in [0.25, 0.3) is 0 Å². The zero-order valence-electron chi connectivity index (χ0n) is 15.1. The van der Waals surface area contributed by atoms with E-state index in [4.69, 9.17) is 25.8 Å². The number of para-hydroxylation sites is 1. The first-order valence-electron chi connectivity index (χ1n) is 8.58. The standard InChI is InChI=1S/C18H27ClN2O4/c1-13(2)11-14-12-24-8-7-21(14)18(22)20-16-6-4-5-15(19)17(16)25-10-9-23-3/h4-6,13-14H,7-12H2,1-3H3,(H,20,22). The summed E-state index contributed by atoms with van der Waals surface area (Å²) in [6.45, 7) is 6.78. The Bertz CT molecular complexity index is 568. The molecule has 0 aromatic heterocycles. The summed E-state index contributed by atoms with van der Waals surface area (Å²) in [7, 11) is 1.60. The molecule has 1 saturated heterocycles. The van der Waals surface area contributed by atoms with Crippen molar-refractivity contribution in [3.05, 3.63) is 23.2 Å². The molecule has 2 amide bonds. The fraction of sp³-hybridized carbons (Fsp3) is 0.611. The fourth-order valence-electron chi connectivity index (χ4n) is 2.83. The average Bonchev–Trinajstić information content (AvgIpc) is 2.57. The lowest BCUT2D eigenvalue weighted by atomic mass is 10.0. The average molecular weight is 371 g/mol. The molecule has 1 unspecified atom stereocenters. The molecule has 0 saturated carbocycles. The highest BCUT2D eigenvalue weighted by Crippen LogP contribution is 2.33. The molecule has 1 fully saturated rings. The minimum Gasteiger partial charge on any atom is -0.487 e. The van der Waals surface area contributed by atoms with Crippen molar-refractivity contribution in [3.63, 3.8) is 0 Å². The molecule has 6 nitrogen and oxygen atoms in total. The van der Waals surface area contributed by atoms with Gasteiger partial charge in [-0.3, -0.25) is 0 Å². The van der Waals surface area contributed by atoms with Crippen LogP contribution in [0.2, 0.25) is 5.02 Å². The Kier molecular flexibility index (Phi) is 7.81. The second kappa shape index (κ2) is 9.85. The molecular formula is C18H27ClN2O4. The highest BCUT2D eigenvalue weighted by molar-refractivity contribution is 6.32. The van der Waals surface area contributed by atoms with Crippen LogP contribution in [0.3, 0.4) is 0 Å². The fourth-order valence-corrected chi connectivity index (χ4v) is 3.06. The molecule has 140 valence electrons. The molecule has 1 aliphatic heterocycles. The number of urea groups is 1. The summed E-state index contributed by atoms with van der Waals surface area (Å²) < 4.78 is 16.2. The number of amides is 2. The van der Waals surface area contributed by atoms with Gasteiger partial charge < -0.3 is 24.4 Å². The monoisotopic (exact) mass is 370 g/mol. The summed E-state index contributed by atoms with van der Waals surface area (Å²) in [6.07, 6.45) is 0.903. The molecule has 1 aromatic carbocycles. The van der Waals surface area contributed by atoms with Crippen molar-refractivity contribution >= 4 is 23.3 Å². The number of hydrogen-bond donors (Lipinski definition) is 1. The minimum absolute atomic E-state index is 0.0748. The summed E-state index contributed by atoms with van der Waals surface area (Å²) in [5.74, 6) is 0.948. The van der Waals surface area contributed by atoms with Crippen LogP contribution in [-0.4, -0.2) is 57.1 Å². The number of halogens is 1. The van der Waals surface area contributed by atoms with Crippen LogP contribution in [0.25, 0.3) is 0 Å². The first-order valence-corrected chi connectivity index (χ1v) is 8.96. The van der Waals surface area contributed by atoms with E-state index in [9.17, 15) is 4.79 Å². The number of anilines is 1. The van der Waals surface area contributed by atoms with Crippen molar-refractivity contribution in [2.24, 2.45) is 5.92 Å².